The van der Waals surface area contributed by atoms with Crippen molar-refractivity contribution in [3.63, 3.8) is 0 Å². The second-order valence-corrected chi connectivity index (χ2v) is 10.2. The Balaban J connectivity index is 1.49. The maximum Gasteiger partial charge on any atom is 0.189 e. The summed E-state index contributed by atoms with van der Waals surface area (Å²) < 4.78 is 0. The molecular weight excluding hydrogens is 552 g/mol. The van der Waals surface area contributed by atoms with E-state index in [1.165, 1.54) is 0 Å². The summed E-state index contributed by atoms with van der Waals surface area (Å²) >= 11 is 0. The number of hydrogen-bond acceptors (Lipinski definition) is 5. The van der Waals surface area contributed by atoms with Crippen LogP contribution >= 0.6 is 0 Å². The molecule has 0 aliphatic heterocycles. The third-order valence-electron chi connectivity index (χ3n) is 7.55. The molecule has 0 saturated heterocycles. The van der Waals surface area contributed by atoms with Crippen LogP contribution in [0.2, 0.25) is 0 Å². The molecule has 0 atom stereocenters. The Labute approximate surface area is 260 Å². The van der Waals surface area contributed by atoms with E-state index in [1.807, 2.05) is 84.9 Å². The molecule has 6 aromatic rings. The predicted molar refractivity (Wildman–Crippen MR) is 175 cm³/mol. The predicted octanol–water partition coefficient (Wildman–Crippen LogP) is 9.68. The lowest BCUT2D eigenvalue weighted by Crippen LogP contribution is -2.10. The largest absolute Gasteiger partial charge is 0.310 e. The van der Waals surface area contributed by atoms with E-state index in [9.17, 15) is 21.0 Å². The summed E-state index contributed by atoms with van der Waals surface area (Å²) in [5.41, 5.74) is 8.14. The zero-order chi connectivity index (χ0) is 31.3. The minimum Gasteiger partial charge on any atom is -0.310 e. The normalized spacial score (nSPS) is 10.1. The van der Waals surface area contributed by atoms with E-state index in [-0.39, 0.29) is 0 Å². The lowest BCUT2D eigenvalue weighted by atomic mass is 9.99. The van der Waals surface area contributed by atoms with Gasteiger partial charge in [0.2, 0.25) is 0 Å². The molecule has 0 spiro atoms. The Morgan fingerprint density at radius 2 is 1.00 bits per heavy atom. The summed E-state index contributed by atoms with van der Waals surface area (Å²) in [6, 6.07) is 46.2. The highest BCUT2D eigenvalue weighted by Crippen LogP contribution is 2.41. The van der Waals surface area contributed by atoms with Crippen LogP contribution in [0.25, 0.3) is 37.9 Å². The van der Waals surface area contributed by atoms with E-state index in [2.05, 4.69) is 34.0 Å². The lowest BCUT2D eigenvalue weighted by molar-refractivity contribution is 1.30. The van der Waals surface area contributed by atoms with Crippen LogP contribution in [-0.4, -0.2) is 0 Å². The maximum absolute atomic E-state index is 9.78. The van der Waals surface area contributed by atoms with Crippen molar-refractivity contribution in [3.05, 3.63) is 155 Å². The summed E-state index contributed by atoms with van der Waals surface area (Å²) in [4.78, 5) is 5.63. The van der Waals surface area contributed by atoms with E-state index in [1.54, 1.807) is 36.4 Å². The first kappa shape index (κ1) is 28.0. The van der Waals surface area contributed by atoms with Gasteiger partial charge in [0.05, 0.1) is 53.2 Å². The number of nitriles is 4. The standard InChI is InChI=1S/C39H20N6/c1-44-34-20-28(24-42)19-33(21-34)30-8-13-36(14-9-30)45(39-15-10-31(25-43)37-4-2-3-5-38(37)39)35-11-6-29(7-12-35)32-17-26(22-40)16-27(18-32)23-41/h2-21H. The van der Waals surface area contributed by atoms with Crippen molar-refractivity contribution in [2.24, 2.45) is 0 Å². The molecule has 6 nitrogen and oxygen atoms in total. The van der Waals surface area contributed by atoms with Crippen LogP contribution in [0, 0.1) is 51.9 Å². The van der Waals surface area contributed by atoms with Crippen molar-refractivity contribution in [2.45, 2.75) is 0 Å². The quantitative estimate of drug-likeness (QED) is 0.191. The maximum atomic E-state index is 9.78. The van der Waals surface area contributed by atoms with Gasteiger partial charge >= 0.3 is 0 Å². The molecule has 0 heterocycles. The summed E-state index contributed by atoms with van der Waals surface area (Å²) in [5.74, 6) is 0. The van der Waals surface area contributed by atoms with Gasteiger partial charge in [-0.15, -0.1) is 0 Å². The Kier molecular flexibility index (Phi) is 7.45. The first-order chi connectivity index (χ1) is 22.0. The summed E-state index contributed by atoms with van der Waals surface area (Å²) in [5, 5.41) is 39.9. The van der Waals surface area contributed by atoms with Crippen molar-refractivity contribution in [2.75, 3.05) is 4.90 Å². The number of hydrogen-bond donors (Lipinski definition) is 0. The van der Waals surface area contributed by atoms with Gasteiger partial charge in [-0.2, -0.15) is 21.0 Å². The van der Waals surface area contributed by atoms with Crippen molar-refractivity contribution < 1.29 is 0 Å². The fourth-order valence-corrected chi connectivity index (χ4v) is 5.44. The van der Waals surface area contributed by atoms with Gasteiger partial charge in [0.15, 0.2) is 5.69 Å². The molecule has 0 radical (unpaired) electrons. The average molecular weight is 573 g/mol. The lowest BCUT2D eigenvalue weighted by Gasteiger charge is -2.27. The molecule has 0 aliphatic rings. The number of rotatable bonds is 5. The molecule has 6 heteroatoms. The van der Waals surface area contributed by atoms with Gasteiger partial charge in [0.25, 0.3) is 0 Å². The minimum absolute atomic E-state index is 0.404. The minimum atomic E-state index is 0.404. The molecule has 0 aliphatic carbocycles. The molecule has 0 unspecified atom stereocenters. The van der Waals surface area contributed by atoms with E-state index in [0.29, 0.717) is 27.9 Å². The first-order valence-electron chi connectivity index (χ1n) is 13.9. The Hall–Kier alpha value is -7.17. The van der Waals surface area contributed by atoms with Gasteiger partial charge in [-0.3, -0.25) is 0 Å². The Morgan fingerprint density at radius 3 is 1.51 bits per heavy atom. The zero-order valence-electron chi connectivity index (χ0n) is 23.7. The van der Waals surface area contributed by atoms with Crippen molar-refractivity contribution in [3.8, 4) is 46.5 Å². The molecule has 0 fully saturated rings. The van der Waals surface area contributed by atoms with Crippen LogP contribution in [0.15, 0.2) is 121 Å². The smallest absolute Gasteiger partial charge is 0.189 e. The first-order valence-corrected chi connectivity index (χ1v) is 13.9. The summed E-state index contributed by atoms with van der Waals surface area (Å²) in [6.45, 7) is 7.42. The van der Waals surface area contributed by atoms with Crippen molar-refractivity contribution in [1.82, 2.24) is 0 Å². The molecule has 45 heavy (non-hydrogen) atoms. The molecule has 206 valence electrons. The van der Waals surface area contributed by atoms with Gasteiger partial charge in [-0.25, -0.2) is 4.85 Å². The van der Waals surface area contributed by atoms with Crippen LogP contribution in [0.3, 0.4) is 0 Å². The number of fused-ring (bicyclic) bond motifs is 1. The molecule has 0 aromatic heterocycles. The topological polar surface area (TPSA) is 103 Å². The van der Waals surface area contributed by atoms with E-state index in [4.69, 9.17) is 6.57 Å². The number of anilines is 3. The second kappa shape index (κ2) is 12.0. The third-order valence-corrected chi connectivity index (χ3v) is 7.55. The van der Waals surface area contributed by atoms with Gasteiger partial charge in [-0.05, 0) is 95.1 Å². The van der Waals surface area contributed by atoms with Crippen LogP contribution in [0.1, 0.15) is 22.3 Å². The number of nitrogens with zero attached hydrogens (tertiary/aromatic N) is 6. The van der Waals surface area contributed by atoms with Crippen LogP contribution in [0.4, 0.5) is 22.7 Å². The monoisotopic (exact) mass is 572 g/mol. The van der Waals surface area contributed by atoms with Crippen LogP contribution in [0.5, 0.6) is 0 Å². The van der Waals surface area contributed by atoms with E-state index < -0.39 is 0 Å². The molecule has 0 N–H and O–H groups in total. The molecule has 0 amide bonds. The van der Waals surface area contributed by atoms with Gasteiger partial charge in [-0.1, -0.05) is 48.5 Å². The zero-order valence-corrected chi connectivity index (χ0v) is 23.7. The van der Waals surface area contributed by atoms with Crippen molar-refractivity contribution in [1.29, 1.82) is 21.0 Å². The van der Waals surface area contributed by atoms with Gasteiger partial charge in [0.1, 0.15) is 0 Å². The van der Waals surface area contributed by atoms with Crippen LogP contribution in [-0.2, 0) is 0 Å². The number of benzene rings is 6. The molecule has 0 bridgehead atoms. The highest BCUT2D eigenvalue weighted by Gasteiger charge is 2.17. The summed E-state index contributed by atoms with van der Waals surface area (Å²) in [7, 11) is 0. The second-order valence-electron chi connectivity index (χ2n) is 10.2. The summed E-state index contributed by atoms with van der Waals surface area (Å²) in [6.07, 6.45) is 0. The van der Waals surface area contributed by atoms with Gasteiger partial charge in [0, 0.05) is 27.7 Å². The molecule has 0 saturated carbocycles. The molecule has 6 aromatic carbocycles. The Morgan fingerprint density at radius 1 is 0.489 bits per heavy atom. The van der Waals surface area contributed by atoms with E-state index in [0.717, 1.165) is 50.1 Å². The molecule has 6 rings (SSSR count). The Bertz CT molecular complexity index is 2130. The van der Waals surface area contributed by atoms with Gasteiger partial charge < -0.3 is 4.90 Å². The highest BCUT2D eigenvalue weighted by atomic mass is 15.1. The average Bonchev–Trinajstić information content (AvgIpc) is 3.11. The fourth-order valence-electron chi connectivity index (χ4n) is 5.44. The molecular formula is C39H20N6. The highest BCUT2D eigenvalue weighted by molar-refractivity contribution is 6.01. The fraction of sp³-hybridized carbons (Fsp3) is 0. The SMILES string of the molecule is [C-]#[N+]c1cc(C#N)cc(-c2ccc(N(c3ccc(-c4cc(C#N)cc(C#N)c4)cc3)c3ccc(C#N)c4ccccc34)cc2)c1. The van der Waals surface area contributed by atoms with E-state index >= 15 is 0 Å². The van der Waals surface area contributed by atoms with Crippen molar-refractivity contribution >= 4 is 33.5 Å². The third kappa shape index (κ3) is 5.42. The van der Waals surface area contributed by atoms with Crippen LogP contribution < -0.4 is 4.90 Å².